The molecule has 1 N–H and O–H groups in total. The standard InChI is InChI=1S/C22H28N2O/c25-22(23-16-8-6-12-19-10-2-1-3-11-19)18-24-17-9-7-14-20-13-4-5-15-21(20)24/h1-5,10-11,13,15H,6-9,12,14,16-18H2,(H,23,25). The lowest BCUT2D eigenvalue weighted by Gasteiger charge is -2.24. The summed E-state index contributed by atoms with van der Waals surface area (Å²) < 4.78 is 0. The number of anilines is 1. The quantitative estimate of drug-likeness (QED) is 0.776. The zero-order chi connectivity index (χ0) is 17.3. The number of nitrogens with zero attached hydrogens (tertiary/aromatic N) is 1. The summed E-state index contributed by atoms with van der Waals surface area (Å²) in [6, 6.07) is 19.0. The highest BCUT2D eigenvalue weighted by molar-refractivity contribution is 5.81. The molecule has 0 atom stereocenters. The van der Waals surface area contributed by atoms with Gasteiger partial charge >= 0.3 is 0 Å². The Morgan fingerprint density at radius 2 is 1.76 bits per heavy atom. The van der Waals surface area contributed by atoms with Crippen LogP contribution in [0.15, 0.2) is 54.6 Å². The highest BCUT2D eigenvalue weighted by Gasteiger charge is 2.17. The Labute approximate surface area is 151 Å². The van der Waals surface area contributed by atoms with E-state index >= 15 is 0 Å². The number of unbranched alkanes of at least 4 members (excludes halogenated alkanes) is 1. The summed E-state index contributed by atoms with van der Waals surface area (Å²) >= 11 is 0. The highest BCUT2D eigenvalue weighted by atomic mass is 16.2. The lowest BCUT2D eigenvalue weighted by atomic mass is 10.1. The lowest BCUT2D eigenvalue weighted by molar-refractivity contribution is -0.119. The summed E-state index contributed by atoms with van der Waals surface area (Å²) in [4.78, 5) is 14.6. The van der Waals surface area contributed by atoms with E-state index in [1.807, 2.05) is 6.07 Å². The molecule has 1 aliphatic rings. The third-order valence-electron chi connectivity index (χ3n) is 4.85. The van der Waals surface area contributed by atoms with Crippen molar-refractivity contribution in [2.24, 2.45) is 0 Å². The molecule has 2 aromatic carbocycles. The van der Waals surface area contributed by atoms with Crippen LogP contribution in [-0.4, -0.2) is 25.5 Å². The van der Waals surface area contributed by atoms with Gasteiger partial charge in [-0.2, -0.15) is 0 Å². The van der Waals surface area contributed by atoms with Crippen molar-refractivity contribution in [3.8, 4) is 0 Å². The first-order valence-corrected chi connectivity index (χ1v) is 9.46. The molecule has 132 valence electrons. The van der Waals surface area contributed by atoms with Crippen molar-refractivity contribution >= 4 is 11.6 Å². The molecule has 0 aromatic heterocycles. The van der Waals surface area contributed by atoms with Gasteiger partial charge in [-0.15, -0.1) is 0 Å². The molecule has 1 amide bonds. The maximum absolute atomic E-state index is 12.3. The van der Waals surface area contributed by atoms with Crippen LogP contribution < -0.4 is 10.2 Å². The largest absolute Gasteiger partial charge is 0.362 e. The van der Waals surface area contributed by atoms with Crippen LogP contribution in [0.4, 0.5) is 5.69 Å². The number of fused-ring (bicyclic) bond motifs is 1. The van der Waals surface area contributed by atoms with Gasteiger partial charge in [0.05, 0.1) is 6.54 Å². The first kappa shape index (κ1) is 17.5. The van der Waals surface area contributed by atoms with Gasteiger partial charge in [0.2, 0.25) is 5.91 Å². The average molecular weight is 336 g/mol. The second kappa shape index (κ2) is 9.26. The van der Waals surface area contributed by atoms with Crippen molar-refractivity contribution in [1.29, 1.82) is 0 Å². The minimum atomic E-state index is 0.136. The molecule has 0 unspecified atom stereocenters. The second-order valence-electron chi connectivity index (χ2n) is 6.80. The molecule has 0 spiro atoms. The Hall–Kier alpha value is -2.29. The van der Waals surface area contributed by atoms with Crippen LogP contribution in [0.2, 0.25) is 0 Å². The second-order valence-corrected chi connectivity index (χ2v) is 6.80. The Morgan fingerprint density at radius 1 is 0.960 bits per heavy atom. The summed E-state index contributed by atoms with van der Waals surface area (Å²) in [5.74, 6) is 0.136. The van der Waals surface area contributed by atoms with Gasteiger partial charge in [0.25, 0.3) is 0 Å². The fraction of sp³-hybridized carbons (Fsp3) is 0.409. The molecule has 2 aromatic rings. The molecule has 25 heavy (non-hydrogen) atoms. The number of para-hydroxylation sites is 1. The average Bonchev–Trinajstić information content (AvgIpc) is 2.85. The third-order valence-corrected chi connectivity index (χ3v) is 4.85. The number of rotatable bonds is 7. The fourth-order valence-electron chi connectivity index (χ4n) is 3.49. The van der Waals surface area contributed by atoms with Gasteiger partial charge in [-0.25, -0.2) is 0 Å². The Balaban J connectivity index is 1.40. The molecular formula is C22H28N2O. The van der Waals surface area contributed by atoms with E-state index < -0.39 is 0 Å². The van der Waals surface area contributed by atoms with E-state index in [9.17, 15) is 4.79 Å². The molecule has 3 rings (SSSR count). The van der Waals surface area contributed by atoms with Crippen LogP contribution in [0, 0.1) is 0 Å². The molecule has 0 aliphatic carbocycles. The lowest BCUT2D eigenvalue weighted by Crippen LogP contribution is -2.38. The summed E-state index contributed by atoms with van der Waals surface area (Å²) in [5.41, 5.74) is 3.98. The fourth-order valence-corrected chi connectivity index (χ4v) is 3.49. The number of benzene rings is 2. The molecule has 3 heteroatoms. The van der Waals surface area contributed by atoms with Crippen molar-refractivity contribution in [2.45, 2.75) is 38.5 Å². The van der Waals surface area contributed by atoms with Crippen molar-refractivity contribution in [3.05, 3.63) is 65.7 Å². The van der Waals surface area contributed by atoms with Crippen molar-refractivity contribution < 1.29 is 4.79 Å². The maximum atomic E-state index is 12.3. The van der Waals surface area contributed by atoms with Crippen LogP contribution >= 0.6 is 0 Å². The smallest absolute Gasteiger partial charge is 0.239 e. The van der Waals surface area contributed by atoms with E-state index in [1.165, 1.54) is 23.2 Å². The number of hydrogen-bond donors (Lipinski definition) is 1. The summed E-state index contributed by atoms with van der Waals surface area (Å²) in [7, 11) is 0. The number of amides is 1. The van der Waals surface area contributed by atoms with E-state index in [0.29, 0.717) is 6.54 Å². The number of aryl methyl sites for hydroxylation is 2. The van der Waals surface area contributed by atoms with E-state index in [-0.39, 0.29) is 5.91 Å². The zero-order valence-electron chi connectivity index (χ0n) is 14.9. The molecular weight excluding hydrogens is 308 g/mol. The third kappa shape index (κ3) is 5.35. The van der Waals surface area contributed by atoms with Gasteiger partial charge in [-0.1, -0.05) is 48.5 Å². The molecule has 0 radical (unpaired) electrons. The number of hydrogen-bond acceptors (Lipinski definition) is 2. The van der Waals surface area contributed by atoms with Crippen LogP contribution in [-0.2, 0) is 17.6 Å². The Kier molecular flexibility index (Phi) is 6.49. The van der Waals surface area contributed by atoms with Crippen LogP contribution in [0.3, 0.4) is 0 Å². The maximum Gasteiger partial charge on any atom is 0.239 e. The van der Waals surface area contributed by atoms with Crippen LogP contribution in [0.5, 0.6) is 0 Å². The molecule has 3 nitrogen and oxygen atoms in total. The highest BCUT2D eigenvalue weighted by Crippen LogP contribution is 2.25. The molecule has 0 fully saturated rings. The Bertz CT molecular complexity index is 669. The predicted molar refractivity (Wildman–Crippen MR) is 104 cm³/mol. The first-order chi connectivity index (χ1) is 12.3. The van der Waals surface area contributed by atoms with Gasteiger partial charge in [0.1, 0.15) is 0 Å². The van der Waals surface area contributed by atoms with Gasteiger partial charge < -0.3 is 10.2 Å². The molecule has 0 saturated heterocycles. The van der Waals surface area contributed by atoms with E-state index in [1.54, 1.807) is 0 Å². The monoisotopic (exact) mass is 336 g/mol. The minimum absolute atomic E-state index is 0.136. The Morgan fingerprint density at radius 3 is 2.64 bits per heavy atom. The minimum Gasteiger partial charge on any atom is -0.362 e. The number of nitrogens with one attached hydrogen (secondary N) is 1. The van der Waals surface area contributed by atoms with Crippen molar-refractivity contribution in [1.82, 2.24) is 5.32 Å². The molecule has 1 heterocycles. The predicted octanol–water partition coefficient (Wildman–Crippen LogP) is 3.97. The molecule has 0 bridgehead atoms. The van der Waals surface area contributed by atoms with E-state index in [2.05, 4.69) is 58.7 Å². The van der Waals surface area contributed by atoms with Crippen LogP contribution in [0.25, 0.3) is 0 Å². The van der Waals surface area contributed by atoms with Crippen molar-refractivity contribution in [2.75, 3.05) is 24.5 Å². The summed E-state index contributed by atoms with van der Waals surface area (Å²) in [6.07, 6.45) is 6.69. The first-order valence-electron chi connectivity index (χ1n) is 9.46. The van der Waals surface area contributed by atoms with Gasteiger partial charge in [0.15, 0.2) is 0 Å². The van der Waals surface area contributed by atoms with Gasteiger partial charge in [-0.3, -0.25) is 4.79 Å². The SMILES string of the molecule is O=C(CN1CCCCc2ccccc21)NCCCCc1ccccc1. The normalized spacial score (nSPS) is 13.8. The molecule has 1 aliphatic heterocycles. The number of carbonyl (C=O) groups excluding carboxylic acids is 1. The van der Waals surface area contributed by atoms with Gasteiger partial charge in [-0.05, 0) is 55.7 Å². The number of carbonyl (C=O) groups is 1. The van der Waals surface area contributed by atoms with Gasteiger partial charge in [0, 0.05) is 18.8 Å². The molecule has 0 saturated carbocycles. The van der Waals surface area contributed by atoms with E-state index in [0.717, 1.165) is 45.2 Å². The summed E-state index contributed by atoms with van der Waals surface area (Å²) in [6.45, 7) is 2.20. The van der Waals surface area contributed by atoms with Crippen LogP contribution in [0.1, 0.15) is 36.8 Å². The summed E-state index contributed by atoms with van der Waals surface area (Å²) in [5, 5.41) is 3.09. The van der Waals surface area contributed by atoms with Crippen molar-refractivity contribution in [3.63, 3.8) is 0 Å². The zero-order valence-corrected chi connectivity index (χ0v) is 14.9. The van der Waals surface area contributed by atoms with E-state index in [4.69, 9.17) is 0 Å². The topological polar surface area (TPSA) is 32.3 Å².